The summed E-state index contributed by atoms with van der Waals surface area (Å²) in [7, 11) is 0. The number of carbonyl (C=O) groups is 1. The van der Waals surface area contributed by atoms with Gasteiger partial charge in [0.15, 0.2) is 5.82 Å². The van der Waals surface area contributed by atoms with E-state index in [0.717, 1.165) is 11.3 Å². The van der Waals surface area contributed by atoms with Gasteiger partial charge in [0, 0.05) is 22.3 Å². The zero-order valence-corrected chi connectivity index (χ0v) is 13.7. The van der Waals surface area contributed by atoms with Crippen LogP contribution in [0, 0.1) is 12.7 Å². The van der Waals surface area contributed by atoms with E-state index >= 15 is 0 Å². The van der Waals surface area contributed by atoms with Crippen molar-refractivity contribution in [2.45, 2.75) is 13.5 Å². The lowest BCUT2D eigenvalue weighted by atomic mass is 10.2. The first-order valence-corrected chi connectivity index (χ1v) is 7.75. The molecule has 24 heavy (non-hydrogen) atoms. The number of carbonyl (C=O) groups excluding carboxylic acids is 1. The van der Waals surface area contributed by atoms with Gasteiger partial charge in [0.1, 0.15) is 5.82 Å². The molecule has 1 aromatic heterocycles. The maximum Gasteiger partial charge on any atom is 0.256 e. The molecule has 3 rings (SSSR count). The minimum atomic E-state index is -0.383. The Bertz CT molecular complexity index is 874. The zero-order chi connectivity index (χ0) is 17.1. The van der Waals surface area contributed by atoms with Crippen LogP contribution in [-0.4, -0.2) is 15.7 Å². The molecule has 0 unspecified atom stereocenters. The quantitative estimate of drug-likeness (QED) is 0.768. The Kier molecular flexibility index (Phi) is 4.62. The Morgan fingerprint density at radius 2 is 1.92 bits per heavy atom. The third-order valence-electron chi connectivity index (χ3n) is 3.61. The van der Waals surface area contributed by atoms with E-state index in [4.69, 9.17) is 11.6 Å². The van der Waals surface area contributed by atoms with Crippen molar-refractivity contribution in [3.05, 3.63) is 82.3 Å². The van der Waals surface area contributed by atoms with Crippen molar-refractivity contribution in [1.29, 1.82) is 0 Å². The fourth-order valence-electron chi connectivity index (χ4n) is 2.31. The summed E-state index contributed by atoms with van der Waals surface area (Å²) in [5, 5.41) is 7.76. The third kappa shape index (κ3) is 3.63. The minimum Gasteiger partial charge on any atom is -0.305 e. The number of aryl methyl sites for hydroxylation is 1. The second kappa shape index (κ2) is 6.84. The Morgan fingerprint density at radius 1 is 1.21 bits per heavy atom. The van der Waals surface area contributed by atoms with Crippen LogP contribution in [0.15, 0.2) is 54.6 Å². The van der Waals surface area contributed by atoms with E-state index in [1.807, 2.05) is 31.2 Å². The van der Waals surface area contributed by atoms with Gasteiger partial charge in [-0.15, -0.1) is 0 Å². The minimum absolute atomic E-state index is 0.336. The van der Waals surface area contributed by atoms with Gasteiger partial charge in [-0.25, -0.2) is 4.39 Å². The molecule has 0 radical (unpaired) electrons. The van der Waals surface area contributed by atoms with Crippen LogP contribution in [0.3, 0.4) is 0 Å². The van der Waals surface area contributed by atoms with Crippen LogP contribution in [0.4, 0.5) is 10.2 Å². The van der Waals surface area contributed by atoms with Gasteiger partial charge in [-0.05, 0) is 42.8 Å². The highest BCUT2D eigenvalue weighted by molar-refractivity contribution is 6.31. The summed E-state index contributed by atoms with van der Waals surface area (Å²) in [4.78, 5) is 12.2. The predicted molar refractivity (Wildman–Crippen MR) is 91.9 cm³/mol. The fraction of sp³-hybridized carbons (Fsp3) is 0.111. The average Bonchev–Trinajstić information content (AvgIpc) is 2.89. The van der Waals surface area contributed by atoms with E-state index in [0.29, 0.717) is 22.9 Å². The Labute approximate surface area is 143 Å². The monoisotopic (exact) mass is 343 g/mol. The Hall–Kier alpha value is -2.66. The van der Waals surface area contributed by atoms with Gasteiger partial charge in [0.05, 0.1) is 6.54 Å². The molecule has 0 aliphatic carbocycles. The van der Waals surface area contributed by atoms with E-state index in [1.54, 1.807) is 10.7 Å². The van der Waals surface area contributed by atoms with Gasteiger partial charge in [0.2, 0.25) is 0 Å². The molecule has 4 nitrogen and oxygen atoms in total. The second-order valence-electron chi connectivity index (χ2n) is 5.38. The lowest BCUT2D eigenvalue weighted by Gasteiger charge is -2.06. The molecule has 6 heteroatoms. The van der Waals surface area contributed by atoms with Gasteiger partial charge in [0.25, 0.3) is 5.91 Å². The summed E-state index contributed by atoms with van der Waals surface area (Å²) >= 11 is 6.17. The molecule has 3 aromatic rings. The number of nitrogens with zero attached hydrogens (tertiary/aromatic N) is 2. The first kappa shape index (κ1) is 16.2. The average molecular weight is 344 g/mol. The number of amides is 1. The van der Waals surface area contributed by atoms with E-state index in [-0.39, 0.29) is 11.7 Å². The molecule has 0 fully saturated rings. The van der Waals surface area contributed by atoms with Crippen LogP contribution in [-0.2, 0) is 6.54 Å². The molecule has 0 saturated carbocycles. The first-order valence-electron chi connectivity index (χ1n) is 7.38. The van der Waals surface area contributed by atoms with Gasteiger partial charge in [-0.2, -0.15) is 5.10 Å². The Morgan fingerprint density at radius 3 is 2.62 bits per heavy atom. The predicted octanol–water partition coefficient (Wildman–Crippen LogP) is 4.28. The maximum atomic E-state index is 12.9. The SMILES string of the molecule is Cc1cc(NC(=O)c2ccc(F)cc2)nn1Cc1ccccc1Cl. The molecule has 0 aliphatic heterocycles. The van der Waals surface area contributed by atoms with Crippen molar-refractivity contribution in [3.63, 3.8) is 0 Å². The number of anilines is 1. The lowest BCUT2D eigenvalue weighted by Crippen LogP contribution is -2.13. The van der Waals surface area contributed by atoms with Crippen molar-refractivity contribution in [1.82, 2.24) is 9.78 Å². The van der Waals surface area contributed by atoms with Crippen LogP contribution in [0.2, 0.25) is 5.02 Å². The van der Waals surface area contributed by atoms with Crippen molar-refractivity contribution in [2.75, 3.05) is 5.32 Å². The van der Waals surface area contributed by atoms with Crippen LogP contribution in [0.1, 0.15) is 21.6 Å². The summed E-state index contributed by atoms with van der Waals surface area (Å²) in [6.07, 6.45) is 0. The molecular formula is C18H15ClFN3O. The lowest BCUT2D eigenvalue weighted by molar-refractivity contribution is 0.102. The molecule has 2 aromatic carbocycles. The summed E-state index contributed by atoms with van der Waals surface area (Å²) < 4.78 is 14.7. The first-order chi connectivity index (χ1) is 11.5. The normalized spacial score (nSPS) is 10.6. The zero-order valence-electron chi connectivity index (χ0n) is 13.0. The summed E-state index contributed by atoms with van der Waals surface area (Å²) in [6.45, 7) is 2.41. The van der Waals surface area contributed by atoms with Crippen LogP contribution < -0.4 is 5.32 Å². The fourth-order valence-corrected chi connectivity index (χ4v) is 2.50. The third-order valence-corrected chi connectivity index (χ3v) is 3.98. The van der Waals surface area contributed by atoms with Crippen LogP contribution in [0.5, 0.6) is 0 Å². The molecule has 1 N–H and O–H groups in total. The number of hydrogen-bond acceptors (Lipinski definition) is 2. The number of hydrogen-bond donors (Lipinski definition) is 1. The van der Waals surface area contributed by atoms with Gasteiger partial charge in [-0.1, -0.05) is 29.8 Å². The highest BCUT2D eigenvalue weighted by Crippen LogP contribution is 2.18. The van der Waals surface area contributed by atoms with E-state index in [2.05, 4.69) is 10.4 Å². The maximum absolute atomic E-state index is 12.9. The number of rotatable bonds is 4. The van der Waals surface area contributed by atoms with Crippen molar-refractivity contribution in [3.8, 4) is 0 Å². The largest absolute Gasteiger partial charge is 0.305 e. The van der Waals surface area contributed by atoms with Crippen molar-refractivity contribution in [2.24, 2.45) is 0 Å². The number of halogens is 2. The van der Waals surface area contributed by atoms with Crippen LogP contribution >= 0.6 is 11.6 Å². The van der Waals surface area contributed by atoms with E-state index < -0.39 is 0 Å². The number of benzene rings is 2. The second-order valence-corrected chi connectivity index (χ2v) is 5.79. The molecule has 1 amide bonds. The smallest absolute Gasteiger partial charge is 0.256 e. The summed E-state index contributed by atoms with van der Waals surface area (Å²) in [6, 6.07) is 14.7. The molecule has 0 aliphatic rings. The van der Waals surface area contributed by atoms with Gasteiger partial charge < -0.3 is 5.32 Å². The number of aromatic nitrogens is 2. The molecule has 0 atom stereocenters. The van der Waals surface area contributed by atoms with Gasteiger partial charge >= 0.3 is 0 Å². The van der Waals surface area contributed by atoms with Crippen LogP contribution in [0.25, 0.3) is 0 Å². The van der Waals surface area contributed by atoms with E-state index in [9.17, 15) is 9.18 Å². The topological polar surface area (TPSA) is 46.9 Å². The molecule has 0 saturated heterocycles. The van der Waals surface area contributed by atoms with Crippen molar-refractivity contribution >= 4 is 23.3 Å². The molecule has 122 valence electrons. The molecule has 0 bridgehead atoms. The highest BCUT2D eigenvalue weighted by Gasteiger charge is 2.11. The summed E-state index contributed by atoms with van der Waals surface area (Å²) in [5.74, 6) is -0.280. The highest BCUT2D eigenvalue weighted by atomic mass is 35.5. The molecule has 0 spiro atoms. The van der Waals surface area contributed by atoms with Crippen molar-refractivity contribution < 1.29 is 9.18 Å². The Balaban J connectivity index is 1.75. The molecule has 1 heterocycles. The van der Waals surface area contributed by atoms with Gasteiger partial charge in [-0.3, -0.25) is 9.48 Å². The van der Waals surface area contributed by atoms with E-state index in [1.165, 1.54) is 24.3 Å². The number of nitrogens with one attached hydrogen (secondary N) is 1. The standard InChI is InChI=1S/C18H15ClFN3O/c1-12-10-17(21-18(24)13-6-8-15(20)9-7-13)22-23(12)11-14-4-2-3-5-16(14)19/h2-10H,11H2,1H3,(H,21,22,24). The summed E-state index contributed by atoms with van der Waals surface area (Å²) in [5.41, 5.74) is 2.21. The molecular weight excluding hydrogens is 329 g/mol.